The first-order valence-corrected chi connectivity index (χ1v) is 4.88. The minimum atomic E-state index is 0.160. The lowest BCUT2D eigenvalue weighted by Gasteiger charge is -2.45. The Morgan fingerprint density at radius 1 is 1.38 bits per heavy atom. The van der Waals surface area contributed by atoms with Crippen LogP contribution in [0.5, 0.6) is 0 Å². The number of amides is 1. The standard InChI is InChI=1S/C11H19NO/c1-9(2)5-6-10(13)12-7-11(3,4)8-12/h5-6,9H,7-8H2,1-4H3/b6-5+. The van der Waals surface area contributed by atoms with Crippen molar-refractivity contribution < 1.29 is 4.79 Å². The smallest absolute Gasteiger partial charge is 0.246 e. The first kappa shape index (κ1) is 10.3. The van der Waals surface area contributed by atoms with Gasteiger partial charge in [0.2, 0.25) is 5.91 Å². The van der Waals surface area contributed by atoms with Gasteiger partial charge >= 0.3 is 0 Å². The first-order valence-electron chi connectivity index (χ1n) is 4.88. The number of hydrogen-bond acceptors (Lipinski definition) is 1. The molecule has 0 aromatic rings. The predicted molar refractivity (Wildman–Crippen MR) is 54.3 cm³/mol. The predicted octanol–water partition coefficient (Wildman–Crippen LogP) is 2.07. The molecule has 0 aliphatic carbocycles. The summed E-state index contributed by atoms with van der Waals surface area (Å²) in [5.74, 6) is 0.617. The van der Waals surface area contributed by atoms with Crippen molar-refractivity contribution >= 4 is 5.91 Å². The van der Waals surface area contributed by atoms with E-state index in [1.807, 2.05) is 11.0 Å². The third kappa shape index (κ3) is 2.87. The van der Waals surface area contributed by atoms with Crippen LogP contribution in [0.4, 0.5) is 0 Å². The van der Waals surface area contributed by atoms with Gasteiger partial charge < -0.3 is 4.90 Å². The molecule has 1 heterocycles. The molecule has 1 fully saturated rings. The monoisotopic (exact) mass is 181 g/mol. The highest BCUT2D eigenvalue weighted by Gasteiger charge is 2.35. The van der Waals surface area contributed by atoms with Gasteiger partial charge in [0.05, 0.1) is 0 Å². The highest BCUT2D eigenvalue weighted by atomic mass is 16.2. The van der Waals surface area contributed by atoms with E-state index in [9.17, 15) is 4.79 Å². The van der Waals surface area contributed by atoms with Crippen LogP contribution in [0.2, 0.25) is 0 Å². The van der Waals surface area contributed by atoms with Crippen LogP contribution < -0.4 is 0 Å². The van der Waals surface area contributed by atoms with Crippen LogP contribution in [0.25, 0.3) is 0 Å². The van der Waals surface area contributed by atoms with Crippen LogP contribution in [-0.2, 0) is 4.79 Å². The van der Waals surface area contributed by atoms with Gasteiger partial charge in [0.25, 0.3) is 0 Å². The molecule has 1 aliphatic heterocycles. The zero-order valence-corrected chi connectivity index (χ0v) is 9.00. The van der Waals surface area contributed by atoms with E-state index < -0.39 is 0 Å². The Kier molecular flexibility index (Phi) is 2.79. The van der Waals surface area contributed by atoms with Gasteiger partial charge in [0.1, 0.15) is 0 Å². The number of allylic oxidation sites excluding steroid dienone is 1. The van der Waals surface area contributed by atoms with E-state index >= 15 is 0 Å². The lowest BCUT2D eigenvalue weighted by molar-refractivity contribution is -0.135. The summed E-state index contributed by atoms with van der Waals surface area (Å²) in [6, 6.07) is 0. The van der Waals surface area contributed by atoms with Crippen LogP contribution in [0.3, 0.4) is 0 Å². The van der Waals surface area contributed by atoms with Gasteiger partial charge in [-0.05, 0) is 17.4 Å². The largest absolute Gasteiger partial charge is 0.338 e. The van der Waals surface area contributed by atoms with E-state index in [-0.39, 0.29) is 5.91 Å². The molecule has 0 unspecified atom stereocenters. The van der Waals surface area contributed by atoms with Crippen molar-refractivity contribution in [1.82, 2.24) is 4.90 Å². The average Bonchev–Trinajstić information content (AvgIpc) is 1.95. The van der Waals surface area contributed by atoms with Crippen molar-refractivity contribution in [1.29, 1.82) is 0 Å². The summed E-state index contributed by atoms with van der Waals surface area (Å²) >= 11 is 0. The number of carbonyl (C=O) groups is 1. The summed E-state index contributed by atoms with van der Waals surface area (Å²) in [6.07, 6.45) is 3.65. The summed E-state index contributed by atoms with van der Waals surface area (Å²) < 4.78 is 0. The quantitative estimate of drug-likeness (QED) is 0.597. The molecular formula is C11H19NO. The number of rotatable bonds is 2. The zero-order valence-electron chi connectivity index (χ0n) is 9.00. The van der Waals surface area contributed by atoms with Crippen LogP contribution >= 0.6 is 0 Å². The van der Waals surface area contributed by atoms with Gasteiger partial charge in [-0.2, -0.15) is 0 Å². The minimum Gasteiger partial charge on any atom is -0.338 e. The summed E-state index contributed by atoms with van der Waals surface area (Å²) in [5.41, 5.74) is 0.335. The second kappa shape index (κ2) is 3.52. The van der Waals surface area contributed by atoms with Crippen molar-refractivity contribution in [2.24, 2.45) is 11.3 Å². The lowest BCUT2D eigenvalue weighted by atomic mass is 9.84. The molecule has 0 aromatic carbocycles. The van der Waals surface area contributed by atoms with Gasteiger partial charge in [-0.25, -0.2) is 0 Å². The maximum absolute atomic E-state index is 11.5. The highest BCUT2D eigenvalue weighted by molar-refractivity contribution is 5.88. The third-order valence-electron chi connectivity index (χ3n) is 2.17. The number of carbonyl (C=O) groups excluding carboxylic acids is 1. The normalized spacial score (nSPS) is 20.8. The van der Waals surface area contributed by atoms with Crippen LogP contribution in [-0.4, -0.2) is 23.9 Å². The lowest BCUT2D eigenvalue weighted by Crippen LogP contribution is -2.54. The molecule has 13 heavy (non-hydrogen) atoms. The fraction of sp³-hybridized carbons (Fsp3) is 0.727. The topological polar surface area (TPSA) is 20.3 Å². The molecule has 74 valence electrons. The van der Waals surface area contributed by atoms with Crippen LogP contribution in [0.15, 0.2) is 12.2 Å². The van der Waals surface area contributed by atoms with Gasteiger partial charge in [-0.1, -0.05) is 33.8 Å². The molecule has 0 saturated carbocycles. The average molecular weight is 181 g/mol. The van der Waals surface area contributed by atoms with E-state index in [2.05, 4.69) is 27.7 Å². The van der Waals surface area contributed by atoms with Crippen molar-refractivity contribution in [2.45, 2.75) is 27.7 Å². The molecule has 0 aromatic heterocycles. The number of nitrogens with zero attached hydrogens (tertiary/aromatic N) is 1. The maximum atomic E-state index is 11.5. The molecule has 2 nitrogen and oxygen atoms in total. The second-order valence-electron chi connectivity index (χ2n) is 4.96. The Morgan fingerprint density at radius 2 is 1.92 bits per heavy atom. The Hall–Kier alpha value is -0.790. The summed E-state index contributed by atoms with van der Waals surface area (Å²) in [7, 11) is 0. The maximum Gasteiger partial charge on any atom is 0.246 e. The molecule has 0 atom stereocenters. The van der Waals surface area contributed by atoms with E-state index in [4.69, 9.17) is 0 Å². The molecule has 0 spiro atoms. The molecule has 2 heteroatoms. The van der Waals surface area contributed by atoms with Crippen LogP contribution in [0.1, 0.15) is 27.7 Å². The SMILES string of the molecule is CC(C)/C=C/C(=O)N1CC(C)(C)C1. The zero-order chi connectivity index (χ0) is 10.1. The fourth-order valence-electron chi connectivity index (χ4n) is 1.52. The molecule has 0 N–H and O–H groups in total. The highest BCUT2D eigenvalue weighted by Crippen LogP contribution is 2.28. The van der Waals surface area contributed by atoms with Crippen molar-refractivity contribution in [3.05, 3.63) is 12.2 Å². The molecule has 1 amide bonds. The number of likely N-dealkylation sites (tertiary alicyclic amines) is 1. The van der Waals surface area contributed by atoms with Crippen molar-refractivity contribution in [3.63, 3.8) is 0 Å². The van der Waals surface area contributed by atoms with E-state index in [0.717, 1.165) is 13.1 Å². The van der Waals surface area contributed by atoms with Crippen molar-refractivity contribution in [3.8, 4) is 0 Å². The fourth-order valence-corrected chi connectivity index (χ4v) is 1.52. The minimum absolute atomic E-state index is 0.160. The molecule has 1 saturated heterocycles. The molecular weight excluding hydrogens is 162 g/mol. The van der Waals surface area contributed by atoms with E-state index in [0.29, 0.717) is 11.3 Å². The van der Waals surface area contributed by atoms with Crippen molar-refractivity contribution in [2.75, 3.05) is 13.1 Å². The summed E-state index contributed by atoms with van der Waals surface area (Å²) in [6.45, 7) is 10.3. The molecule has 0 bridgehead atoms. The van der Waals surface area contributed by atoms with E-state index in [1.165, 1.54) is 0 Å². The molecule has 1 aliphatic rings. The third-order valence-corrected chi connectivity index (χ3v) is 2.17. The van der Waals surface area contributed by atoms with Gasteiger partial charge in [0.15, 0.2) is 0 Å². The van der Waals surface area contributed by atoms with Gasteiger partial charge in [-0.15, -0.1) is 0 Å². The molecule has 1 rings (SSSR count). The summed E-state index contributed by atoms with van der Waals surface area (Å²) in [5, 5.41) is 0. The molecule has 0 radical (unpaired) electrons. The summed E-state index contributed by atoms with van der Waals surface area (Å²) in [4.78, 5) is 13.3. The Balaban J connectivity index is 2.35. The Bertz CT molecular complexity index is 220. The number of hydrogen-bond donors (Lipinski definition) is 0. The Labute approximate surface area is 80.6 Å². The van der Waals surface area contributed by atoms with Crippen LogP contribution in [0, 0.1) is 11.3 Å². The first-order chi connectivity index (χ1) is 5.91. The second-order valence-corrected chi connectivity index (χ2v) is 4.96. The van der Waals surface area contributed by atoms with E-state index in [1.54, 1.807) is 6.08 Å². The Morgan fingerprint density at radius 3 is 2.31 bits per heavy atom. The van der Waals surface area contributed by atoms with Gasteiger partial charge in [0, 0.05) is 13.1 Å². The van der Waals surface area contributed by atoms with Gasteiger partial charge in [-0.3, -0.25) is 4.79 Å².